The quantitative estimate of drug-likeness (QED) is 0.231. The molecule has 0 unspecified atom stereocenters. The van der Waals surface area contributed by atoms with Crippen LogP contribution in [0.1, 0.15) is 54.3 Å². The van der Waals surface area contributed by atoms with Crippen molar-refractivity contribution in [2.75, 3.05) is 18.4 Å². The molecule has 4 fully saturated rings. The number of aryl methyl sites for hydroxylation is 1. The molecule has 1 saturated heterocycles. The van der Waals surface area contributed by atoms with Crippen LogP contribution >= 0.6 is 11.3 Å². The number of hydrogen-bond donors (Lipinski definition) is 2. The lowest BCUT2D eigenvalue weighted by molar-refractivity contribution is -0.273. The lowest BCUT2D eigenvalue weighted by Gasteiger charge is -2.73. The van der Waals surface area contributed by atoms with Crippen molar-refractivity contribution < 1.29 is 23.1 Å². The van der Waals surface area contributed by atoms with Crippen molar-refractivity contribution in [1.82, 2.24) is 19.4 Å². The third kappa shape index (κ3) is 4.63. The second-order valence-corrected chi connectivity index (χ2v) is 14.2. The van der Waals surface area contributed by atoms with Gasteiger partial charge in [-0.3, -0.25) is 9.69 Å². The Morgan fingerprint density at radius 3 is 2.61 bits per heavy atom. The van der Waals surface area contributed by atoms with E-state index >= 15 is 0 Å². The molecule has 8 rings (SSSR count). The predicted molar refractivity (Wildman–Crippen MR) is 161 cm³/mol. The van der Waals surface area contributed by atoms with Crippen molar-refractivity contribution >= 4 is 44.2 Å². The number of thiophene rings is 1. The Morgan fingerprint density at radius 1 is 1.20 bits per heavy atom. The fraction of sp³-hybridized carbons (Fsp3) is 0.500. The van der Waals surface area contributed by atoms with Gasteiger partial charge in [-0.15, -0.1) is 11.3 Å². The zero-order valence-electron chi connectivity index (χ0n) is 24.5. The van der Waals surface area contributed by atoms with Crippen molar-refractivity contribution in [2.45, 2.75) is 71.3 Å². The molecule has 1 aromatic carbocycles. The number of carbonyl (C=O) groups is 1. The molecule has 0 radical (unpaired) electrons. The van der Waals surface area contributed by atoms with Crippen LogP contribution in [0.3, 0.4) is 0 Å². The number of hydrogen-bond acceptors (Lipinski definition) is 7. The van der Waals surface area contributed by atoms with E-state index < -0.39 is 24.0 Å². The summed E-state index contributed by atoms with van der Waals surface area (Å²) in [7, 11) is 0. The van der Waals surface area contributed by atoms with Gasteiger partial charge in [-0.05, 0) is 73.3 Å². The molecule has 4 aliphatic rings. The number of carboxylic acids is 1. The summed E-state index contributed by atoms with van der Waals surface area (Å²) < 4.78 is 40.8. The van der Waals surface area contributed by atoms with Crippen LogP contribution in [0, 0.1) is 35.0 Å². The first-order valence-corrected chi connectivity index (χ1v) is 15.8. The maximum Gasteiger partial charge on any atom is 0.393 e. The van der Waals surface area contributed by atoms with Crippen molar-refractivity contribution in [3.8, 4) is 6.07 Å². The topological polar surface area (TPSA) is 107 Å². The molecule has 2 N–H and O–H groups in total. The van der Waals surface area contributed by atoms with E-state index in [1.807, 2.05) is 13.0 Å². The molecule has 1 aliphatic heterocycles. The minimum Gasteiger partial charge on any atom is -0.481 e. The van der Waals surface area contributed by atoms with E-state index in [2.05, 4.69) is 49.9 Å². The fourth-order valence-electron chi connectivity index (χ4n) is 7.97. The minimum atomic E-state index is -4.26. The number of fused-ring (bicyclic) bond motifs is 2. The molecular formula is C32H33F3N6O2S. The molecule has 4 heterocycles. The second kappa shape index (κ2) is 10.2. The minimum absolute atomic E-state index is 0.0484. The Kier molecular flexibility index (Phi) is 6.71. The molecule has 1 atom stereocenters. The number of nitrogens with zero attached hydrogens (tertiary/aromatic N) is 5. The number of piperidine rings is 1. The average molecular weight is 623 g/mol. The standard InChI is InChI=1S/C32H33F3N6O2S/c1-18-20(3-4-26-24(18)9-22(12-36)41(26)16-30-14-31(15-30,19(30)2)29(42)43)13-40-7-5-21(6-8-40)39-27-25-10-23(11-32(33,34)35)44-28(25)38-17-37-27/h3-4,9-10,17,19,21H,5-8,11,13-16H2,1-2H3,(H,42,43)(H,37,38,39)/t19-,30?,31?/m0/s1. The Hall–Kier alpha value is -3.69. The van der Waals surface area contributed by atoms with Crippen LogP contribution in [0.2, 0.25) is 0 Å². The van der Waals surface area contributed by atoms with Gasteiger partial charge >= 0.3 is 12.1 Å². The number of nitriles is 1. The van der Waals surface area contributed by atoms with E-state index in [0.29, 0.717) is 41.1 Å². The molecule has 0 spiro atoms. The first-order chi connectivity index (χ1) is 20.9. The summed E-state index contributed by atoms with van der Waals surface area (Å²) in [6.07, 6.45) is -0.721. The summed E-state index contributed by atoms with van der Waals surface area (Å²) in [5.41, 5.74) is 3.38. The van der Waals surface area contributed by atoms with Gasteiger partial charge < -0.3 is 15.0 Å². The predicted octanol–water partition coefficient (Wildman–Crippen LogP) is 6.51. The highest BCUT2D eigenvalue weighted by Crippen LogP contribution is 2.77. The normalized spacial score (nSPS) is 25.5. The molecule has 44 heavy (non-hydrogen) atoms. The molecule has 0 amide bonds. The average Bonchev–Trinajstić information content (AvgIpc) is 3.53. The van der Waals surface area contributed by atoms with Crippen molar-refractivity contribution in [2.24, 2.45) is 16.7 Å². The number of likely N-dealkylation sites (tertiary alicyclic amines) is 1. The monoisotopic (exact) mass is 622 g/mol. The summed E-state index contributed by atoms with van der Waals surface area (Å²) in [5, 5.41) is 24.8. The van der Waals surface area contributed by atoms with Gasteiger partial charge in [-0.2, -0.15) is 18.4 Å². The van der Waals surface area contributed by atoms with E-state index in [0.717, 1.165) is 60.3 Å². The number of benzene rings is 1. The highest BCUT2D eigenvalue weighted by Gasteiger charge is 2.77. The number of nitrogens with one attached hydrogen (secondary N) is 1. The summed E-state index contributed by atoms with van der Waals surface area (Å²) >= 11 is 1.06. The molecule has 230 valence electrons. The maximum absolute atomic E-state index is 12.9. The highest BCUT2D eigenvalue weighted by atomic mass is 32.1. The van der Waals surface area contributed by atoms with E-state index in [-0.39, 0.29) is 22.3 Å². The number of carboxylic acid groups (broad SMARTS) is 1. The van der Waals surface area contributed by atoms with Crippen LogP contribution in [0.25, 0.3) is 21.1 Å². The Balaban J connectivity index is 1.01. The lowest BCUT2D eigenvalue weighted by Crippen LogP contribution is -2.73. The maximum atomic E-state index is 12.9. The third-order valence-corrected chi connectivity index (χ3v) is 11.7. The van der Waals surface area contributed by atoms with Gasteiger partial charge in [0.2, 0.25) is 0 Å². The molecule has 4 aromatic rings. The molecule has 12 heteroatoms. The summed E-state index contributed by atoms with van der Waals surface area (Å²) in [5.74, 6) is -0.00680. The van der Waals surface area contributed by atoms with E-state index in [9.17, 15) is 28.3 Å². The molecule has 2 bridgehead atoms. The van der Waals surface area contributed by atoms with Crippen LogP contribution in [0.4, 0.5) is 19.0 Å². The number of aromatic nitrogens is 3. The van der Waals surface area contributed by atoms with Gasteiger partial charge in [0.15, 0.2) is 0 Å². The largest absolute Gasteiger partial charge is 0.481 e. The van der Waals surface area contributed by atoms with E-state index in [1.54, 1.807) is 6.07 Å². The van der Waals surface area contributed by atoms with Gasteiger partial charge in [0.05, 0.1) is 17.2 Å². The van der Waals surface area contributed by atoms with Gasteiger partial charge in [0.25, 0.3) is 0 Å². The Bertz CT molecular complexity index is 1830. The molecule has 3 aromatic heterocycles. The molecule has 8 nitrogen and oxygen atoms in total. The summed E-state index contributed by atoms with van der Waals surface area (Å²) in [6, 6.07) is 10.3. The SMILES string of the molecule is Cc1c(CN2CCC(Nc3ncnc4sc(CC(F)(F)F)cc34)CC2)ccc2c1cc(C#N)n2CC12CC(C(=O)O)(C1)[C@H]2C. The van der Waals surface area contributed by atoms with Crippen LogP contribution in [-0.4, -0.2) is 55.8 Å². The lowest BCUT2D eigenvalue weighted by atomic mass is 9.29. The molecule has 3 aliphatic carbocycles. The number of alkyl halides is 3. The number of anilines is 1. The Morgan fingerprint density at radius 2 is 1.95 bits per heavy atom. The smallest absolute Gasteiger partial charge is 0.393 e. The molecule has 3 saturated carbocycles. The summed E-state index contributed by atoms with van der Waals surface area (Å²) in [4.78, 5) is 23.5. The van der Waals surface area contributed by atoms with Gasteiger partial charge in [0.1, 0.15) is 28.7 Å². The van der Waals surface area contributed by atoms with Crippen LogP contribution < -0.4 is 5.32 Å². The van der Waals surface area contributed by atoms with Gasteiger partial charge in [-0.25, -0.2) is 9.97 Å². The van der Waals surface area contributed by atoms with E-state index in [4.69, 9.17) is 0 Å². The first kappa shape index (κ1) is 29.0. The van der Waals surface area contributed by atoms with E-state index in [1.165, 1.54) is 11.9 Å². The van der Waals surface area contributed by atoms with Crippen molar-refractivity contribution in [1.29, 1.82) is 5.26 Å². The van der Waals surface area contributed by atoms with Crippen LogP contribution in [0.5, 0.6) is 0 Å². The summed E-state index contributed by atoms with van der Waals surface area (Å²) in [6.45, 7) is 7.32. The van der Waals surface area contributed by atoms with Gasteiger partial charge in [-0.1, -0.05) is 13.0 Å². The molecular weight excluding hydrogens is 589 g/mol. The van der Waals surface area contributed by atoms with Crippen LogP contribution in [-0.2, 0) is 24.3 Å². The van der Waals surface area contributed by atoms with Crippen LogP contribution in [0.15, 0.2) is 30.6 Å². The number of halogens is 3. The number of rotatable bonds is 8. The fourth-order valence-corrected chi connectivity index (χ4v) is 9.00. The highest BCUT2D eigenvalue weighted by molar-refractivity contribution is 7.18. The van der Waals surface area contributed by atoms with Crippen molar-refractivity contribution in [3.63, 3.8) is 0 Å². The zero-order valence-corrected chi connectivity index (χ0v) is 25.4. The first-order valence-electron chi connectivity index (χ1n) is 15.0. The number of aliphatic carboxylic acids is 1. The Labute approximate surface area is 256 Å². The second-order valence-electron chi connectivity index (χ2n) is 13.0. The van der Waals surface area contributed by atoms with Crippen molar-refractivity contribution in [3.05, 3.63) is 52.3 Å². The zero-order chi connectivity index (χ0) is 31.0. The third-order valence-electron chi connectivity index (χ3n) is 10.6. The van der Waals surface area contributed by atoms with Gasteiger partial charge in [0, 0.05) is 48.0 Å².